The number of sulfonamides is 1. The summed E-state index contributed by atoms with van der Waals surface area (Å²) in [4.78, 5) is 26.8. The highest BCUT2D eigenvalue weighted by molar-refractivity contribution is 7.92. The maximum absolute atomic E-state index is 13.1. The SMILES string of the molecule is CS(=O)(=O)Nc1ccc(Oc2ccc(CN3CCC(Nc4ccc(C(=O)Nc5ccc(F)cc5)cc4)CC3)cc2)c(C(N)=O)c1. The molecule has 1 aliphatic heterocycles. The van der Waals surface area contributed by atoms with Crippen LogP contribution in [0.1, 0.15) is 39.1 Å². The van der Waals surface area contributed by atoms with Crippen LogP contribution in [0.25, 0.3) is 0 Å². The third-order valence-corrected chi connectivity index (χ3v) is 7.92. The Morgan fingerprint density at radius 1 is 0.889 bits per heavy atom. The first-order valence-corrected chi connectivity index (χ1v) is 16.2. The third kappa shape index (κ3) is 9.03. The van der Waals surface area contributed by atoms with E-state index in [9.17, 15) is 22.4 Å². The maximum Gasteiger partial charge on any atom is 0.255 e. The predicted molar refractivity (Wildman–Crippen MR) is 173 cm³/mol. The van der Waals surface area contributed by atoms with E-state index in [4.69, 9.17) is 10.5 Å². The Kier molecular flexibility index (Phi) is 9.65. The number of ether oxygens (including phenoxy) is 1. The summed E-state index contributed by atoms with van der Waals surface area (Å²) in [5.41, 5.74) is 8.89. The number of carbonyl (C=O) groups is 2. The molecule has 4 aromatic rings. The van der Waals surface area contributed by atoms with Gasteiger partial charge in [0.25, 0.3) is 11.8 Å². The van der Waals surface area contributed by atoms with Gasteiger partial charge in [0.2, 0.25) is 10.0 Å². The lowest BCUT2D eigenvalue weighted by Gasteiger charge is -2.33. The van der Waals surface area contributed by atoms with Gasteiger partial charge in [-0.1, -0.05) is 12.1 Å². The van der Waals surface area contributed by atoms with E-state index in [0.29, 0.717) is 23.0 Å². The van der Waals surface area contributed by atoms with Crippen molar-refractivity contribution in [2.45, 2.75) is 25.4 Å². The van der Waals surface area contributed by atoms with Crippen molar-refractivity contribution in [3.05, 3.63) is 114 Å². The van der Waals surface area contributed by atoms with Gasteiger partial charge >= 0.3 is 0 Å². The Morgan fingerprint density at radius 2 is 1.51 bits per heavy atom. The molecular weight excluding hydrogens is 597 g/mol. The van der Waals surface area contributed by atoms with Gasteiger partial charge in [-0.3, -0.25) is 19.2 Å². The molecule has 1 saturated heterocycles. The molecular formula is C33H34FN5O5S. The smallest absolute Gasteiger partial charge is 0.255 e. The molecule has 1 heterocycles. The molecule has 0 aromatic heterocycles. The van der Waals surface area contributed by atoms with Crippen LogP contribution in [0.5, 0.6) is 11.5 Å². The van der Waals surface area contributed by atoms with Crippen LogP contribution in [-0.2, 0) is 16.6 Å². The molecule has 0 atom stereocenters. The number of hydrogen-bond donors (Lipinski definition) is 4. The summed E-state index contributed by atoms with van der Waals surface area (Å²) in [5.74, 6) is -0.599. The number of rotatable bonds is 11. The van der Waals surface area contributed by atoms with Gasteiger partial charge in [-0.15, -0.1) is 0 Å². The molecule has 5 rings (SSSR count). The van der Waals surface area contributed by atoms with E-state index in [1.165, 1.54) is 42.5 Å². The van der Waals surface area contributed by atoms with Crippen molar-refractivity contribution in [2.75, 3.05) is 34.7 Å². The Labute approximate surface area is 261 Å². The van der Waals surface area contributed by atoms with Crippen molar-refractivity contribution in [1.82, 2.24) is 4.90 Å². The first-order valence-electron chi connectivity index (χ1n) is 14.3. The predicted octanol–water partition coefficient (Wildman–Crippen LogP) is 5.42. The fourth-order valence-corrected chi connectivity index (χ4v) is 5.62. The van der Waals surface area contributed by atoms with Gasteiger partial charge in [0, 0.05) is 48.3 Å². The topological polar surface area (TPSA) is 143 Å². The van der Waals surface area contributed by atoms with Crippen molar-refractivity contribution < 1.29 is 27.1 Å². The highest BCUT2D eigenvalue weighted by Crippen LogP contribution is 2.29. The summed E-state index contributed by atoms with van der Waals surface area (Å²) >= 11 is 0. The van der Waals surface area contributed by atoms with Gasteiger partial charge in [-0.05, 0) is 97.3 Å². The van der Waals surface area contributed by atoms with E-state index in [2.05, 4.69) is 20.3 Å². The molecule has 234 valence electrons. The van der Waals surface area contributed by atoms with Gasteiger partial charge in [0.1, 0.15) is 17.3 Å². The van der Waals surface area contributed by atoms with Gasteiger partial charge in [0.05, 0.1) is 11.8 Å². The lowest BCUT2D eigenvalue weighted by molar-refractivity contribution is 0.0995. The summed E-state index contributed by atoms with van der Waals surface area (Å²) in [7, 11) is -3.51. The normalized spacial score (nSPS) is 14.0. The zero-order valence-electron chi connectivity index (χ0n) is 24.6. The van der Waals surface area contributed by atoms with Gasteiger partial charge in [-0.2, -0.15) is 0 Å². The zero-order chi connectivity index (χ0) is 32.0. The molecule has 0 spiro atoms. The molecule has 5 N–H and O–H groups in total. The molecule has 2 amide bonds. The number of nitrogens with two attached hydrogens (primary N) is 1. The van der Waals surface area contributed by atoms with E-state index < -0.39 is 15.9 Å². The molecule has 10 nitrogen and oxygen atoms in total. The standard InChI is InChI=1S/C33H34FN5O5S/c1-45(42,43)38-28-12-15-31(30(20-28)32(35)40)44-29-13-2-22(3-14-29)21-39-18-16-27(17-19-39)36-25-8-4-23(5-9-25)33(41)37-26-10-6-24(34)7-11-26/h2-15,20,27,36,38H,16-19,21H2,1H3,(H2,35,40)(H,37,41). The maximum atomic E-state index is 13.1. The minimum Gasteiger partial charge on any atom is -0.457 e. The van der Waals surface area contributed by atoms with Crippen LogP contribution in [0, 0.1) is 5.82 Å². The number of halogens is 1. The Hall–Kier alpha value is -4.94. The van der Waals surface area contributed by atoms with Crippen LogP contribution in [0.2, 0.25) is 0 Å². The largest absolute Gasteiger partial charge is 0.457 e. The summed E-state index contributed by atoms with van der Waals surface area (Å²) in [6.45, 7) is 2.62. The highest BCUT2D eigenvalue weighted by Gasteiger charge is 2.20. The first-order chi connectivity index (χ1) is 21.5. The molecule has 4 aromatic carbocycles. The quantitative estimate of drug-likeness (QED) is 0.173. The van der Waals surface area contributed by atoms with Crippen LogP contribution in [0.15, 0.2) is 91.0 Å². The number of primary amides is 1. The van der Waals surface area contributed by atoms with E-state index >= 15 is 0 Å². The Morgan fingerprint density at radius 3 is 2.13 bits per heavy atom. The van der Waals surface area contributed by atoms with Crippen molar-refractivity contribution >= 4 is 38.9 Å². The molecule has 0 radical (unpaired) electrons. The van der Waals surface area contributed by atoms with Crippen molar-refractivity contribution in [3.8, 4) is 11.5 Å². The van der Waals surface area contributed by atoms with Gasteiger partial charge in [-0.25, -0.2) is 12.8 Å². The molecule has 1 aliphatic rings. The number of piperidine rings is 1. The number of benzene rings is 4. The minimum atomic E-state index is -3.51. The monoisotopic (exact) mass is 631 g/mol. The zero-order valence-corrected chi connectivity index (χ0v) is 25.4. The highest BCUT2D eigenvalue weighted by atomic mass is 32.2. The number of nitrogens with zero attached hydrogens (tertiary/aromatic N) is 1. The summed E-state index contributed by atoms with van der Waals surface area (Å²) in [5, 5.41) is 6.33. The molecule has 0 unspecified atom stereocenters. The second-order valence-electron chi connectivity index (χ2n) is 10.9. The van der Waals surface area contributed by atoms with Crippen LogP contribution in [-0.4, -0.2) is 50.5 Å². The van der Waals surface area contributed by atoms with Crippen molar-refractivity contribution in [2.24, 2.45) is 5.73 Å². The number of carbonyl (C=O) groups excluding carboxylic acids is 2. The van der Waals surface area contributed by atoms with Crippen molar-refractivity contribution in [1.29, 1.82) is 0 Å². The average Bonchev–Trinajstić information content (AvgIpc) is 3.00. The van der Waals surface area contributed by atoms with E-state index in [1.54, 1.807) is 12.1 Å². The lowest BCUT2D eigenvalue weighted by atomic mass is 10.0. The number of anilines is 3. The summed E-state index contributed by atoms with van der Waals surface area (Å²) < 4.78 is 44.3. The first kappa shape index (κ1) is 31.5. The minimum absolute atomic E-state index is 0.0625. The molecule has 12 heteroatoms. The second kappa shape index (κ2) is 13.8. The molecule has 0 aliphatic carbocycles. The Bertz CT molecular complexity index is 1760. The van der Waals surface area contributed by atoms with Crippen molar-refractivity contribution in [3.63, 3.8) is 0 Å². The summed E-state index contributed by atoms with van der Waals surface area (Å²) in [6, 6.07) is 25.2. The number of likely N-dealkylation sites (tertiary alicyclic amines) is 1. The number of nitrogens with one attached hydrogen (secondary N) is 3. The van der Waals surface area contributed by atoms with Crippen LogP contribution >= 0.6 is 0 Å². The van der Waals surface area contributed by atoms with Crippen LogP contribution in [0.4, 0.5) is 21.5 Å². The van der Waals surface area contributed by atoms with Crippen LogP contribution in [0.3, 0.4) is 0 Å². The number of amides is 2. The average molecular weight is 632 g/mol. The molecule has 0 bridgehead atoms. The molecule has 0 saturated carbocycles. The lowest BCUT2D eigenvalue weighted by Crippen LogP contribution is -2.38. The molecule has 1 fully saturated rings. The van der Waals surface area contributed by atoms with E-state index in [0.717, 1.165) is 50.0 Å². The third-order valence-electron chi connectivity index (χ3n) is 7.31. The fraction of sp³-hybridized carbons (Fsp3) is 0.212. The van der Waals surface area contributed by atoms with E-state index in [1.807, 2.05) is 36.4 Å². The fourth-order valence-electron chi connectivity index (χ4n) is 5.06. The second-order valence-corrected chi connectivity index (χ2v) is 12.7. The van der Waals surface area contributed by atoms with Crippen LogP contribution < -0.4 is 25.8 Å². The molecule has 45 heavy (non-hydrogen) atoms. The number of hydrogen-bond acceptors (Lipinski definition) is 7. The van der Waals surface area contributed by atoms with E-state index in [-0.39, 0.29) is 28.7 Å². The van der Waals surface area contributed by atoms with Gasteiger partial charge < -0.3 is 21.1 Å². The van der Waals surface area contributed by atoms with Gasteiger partial charge in [0.15, 0.2) is 0 Å². The Balaban J connectivity index is 1.09. The summed E-state index contributed by atoms with van der Waals surface area (Å²) in [6.07, 6.45) is 2.95.